The van der Waals surface area contributed by atoms with Crippen molar-refractivity contribution in [3.8, 4) is 5.69 Å². The van der Waals surface area contributed by atoms with Crippen LogP contribution in [-0.4, -0.2) is 44.6 Å². The molecule has 0 bridgehead atoms. The zero-order valence-corrected chi connectivity index (χ0v) is 19.7. The molecule has 1 spiro atoms. The predicted octanol–water partition coefficient (Wildman–Crippen LogP) is 3.77. The Morgan fingerprint density at radius 3 is 2.51 bits per heavy atom. The number of rotatable bonds is 7. The van der Waals surface area contributed by atoms with Crippen molar-refractivity contribution in [1.29, 1.82) is 0 Å². The first-order valence-electron chi connectivity index (χ1n) is 11.6. The summed E-state index contributed by atoms with van der Waals surface area (Å²) in [6, 6.07) is 5.22. The number of hydrogen-bond acceptors (Lipinski definition) is 4. The molecule has 1 aromatic heterocycles. The summed E-state index contributed by atoms with van der Waals surface area (Å²) in [7, 11) is 0. The van der Waals surface area contributed by atoms with E-state index in [4.69, 9.17) is 0 Å². The predicted molar refractivity (Wildman–Crippen MR) is 121 cm³/mol. The van der Waals surface area contributed by atoms with E-state index in [1.807, 2.05) is 0 Å². The number of benzene rings is 1. The molecule has 0 radical (unpaired) electrons. The summed E-state index contributed by atoms with van der Waals surface area (Å²) in [6.45, 7) is 3.31. The summed E-state index contributed by atoms with van der Waals surface area (Å²) < 4.78 is 42.6. The van der Waals surface area contributed by atoms with E-state index in [2.05, 4.69) is 15.7 Å². The van der Waals surface area contributed by atoms with Crippen LogP contribution >= 0.6 is 0 Å². The Kier molecular flexibility index (Phi) is 6.61. The number of aryl methyl sites for hydroxylation is 2. The van der Waals surface area contributed by atoms with Crippen LogP contribution < -0.4 is 10.6 Å². The van der Waals surface area contributed by atoms with Crippen LogP contribution in [0.15, 0.2) is 24.3 Å². The third-order valence-electron chi connectivity index (χ3n) is 6.62. The highest BCUT2D eigenvalue weighted by Crippen LogP contribution is 2.35. The standard InChI is InChI=1S/C24H28F3N5O3/c1-15-12-16(2)32(30-15)18-8-7-17(19(13-18)24(25,26)27)14-28-20(33)6-5-11-31-21(34)23(29-22(31)35)9-3-4-10-23/h7-8,12-13H,3-6,9-11,14H2,1-2H3,(H,28,33)(H,29,35). The van der Waals surface area contributed by atoms with Gasteiger partial charge in [0, 0.05) is 25.2 Å². The second kappa shape index (κ2) is 9.35. The molecule has 0 unspecified atom stereocenters. The summed E-state index contributed by atoms with van der Waals surface area (Å²) in [6.07, 6.45) is -1.40. The Labute approximate surface area is 200 Å². The molecule has 4 rings (SSSR count). The molecule has 11 heteroatoms. The van der Waals surface area contributed by atoms with Gasteiger partial charge in [0.25, 0.3) is 5.91 Å². The number of imide groups is 1. The van der Waals surface area contributed by atoms with Gasteiger partial charge >= 0.3 is 12.2 Å². The summed E-state index contributed by atoms with van der Waals surface area (Å²) in [5.74, 6) is -0.707. The Hall–Kier alpha value is -3.37. The smallest absolute Gasteiger partial charge is 0.352 e. The van der Waals surface area contributed by atoms with Crippen molar-refractivity contribution in [2.75, 3.05) is 6.54 Å². The van der Waals surface area contributed by atoms with Crippen LogP contribution in [0.5, 0.6) is 0 Å². The zero-order valence-electron chi connectivity index (χ0n) is 19.7. The third-order valence-corrected chi connectivity index (χ3v) is 6.62. The van der Waals surface area contributed by atoms with Crippen molar-refractivity contribution >= 4 is 17.8 Å². The molecule has 2 aromatic rings. The maximum atomic E-state index is 13.7. The van der Waals surface area contributed by atoms with Gasteiger partial charge in [-0.2, -0.15) is 18.3 Å². The SMILES string of the molecule is Cc1cc(C)n(-c2ccc(CNC(=O)CCCN3C(=O)NC4(CCCC4)C3=O)c(C(F)(F)F)c2)n1. The molecule has 1 aliphatic carbocycles. The van der Waals surface area contributed by atoms with E-state index in [1.165, 1.54) is 16.8 Å². The summed E-state index contributed by atoms with van der Waals surface area (Å²) in [5.41, 5.74) is -0.0175. The fourth-order valence-electron chi connectivity index (χ4n) is 4.88. The van der Waals surface area contributed by atoms with E-state index in [1.54, 1.807) is 19.9 Å². The Morgan fingerprint density at radius 1 is 1.17 bits per heavy atom. The minimum Gasteiger partial charge on any atom is -0.352 e. The monoisotopic (exact) mass is 491 g/mol. The van der Waals surface area contributed by atoms with Crippen LogP contribution in [-0.2, 0) is 22.3 Å². The van der Waals surface area contributed by atoms with Crippen molar-refractivity contribution < 1.29 is 27.6 Å². The quantitative estimate of drug-likeness (QED) is 0.577. The Balaban J connectivity index is 1.35. The van der Waals surface area contributed by atoms with Crippen molar-refractivity contribution in [3.05, 3.63) is 46.8 Å². The summed E-state index contributed by atoms with van der Waals surface area (Å²) >= 11 is 0. The normalized spacial score (nSPS) is 17.3. The van der Waals surface area contributed by atoms with Gasteiger partial charge in [-0.25, -0.2) is 9.48 Å². The lowest BCUT2D eigenvalue weighted by atomic mass is 9.98. The van der Waals surface area contributed by atoms with E-state index >= 15 is 0 Å². The van der Waals surface area contributed by atoms with Gasteiger partial charge in [0.05, 0.1) is 16.9 Å². The highest BCUT2D eigenvalue weighted by Gasteiger charge is 2.52. The Morgan fingerprint density at radius 2 is 1.89 bits per heavy atom. The molecule has 2 aliphatic rings. The van der Waals surface area contributed by atoms with E-state index in [0.29, 0.717) is 24.2 Å². The van der Waals surface area contributed by atoms with Gasteiger partial charge in [0.2, 0.25) is 5.91 Å². The topological polar surface area (TPSA) is 96.3 Å². The molecule has 1 saturated heterocycles. The molecule has 1 saturated carbocycles. The zero-order chi connectivity index (χ0) is 25.4. The van der Waals surface area contributed by atoms with E-state index in [9.17, 15) is 27.6 Å². The molecule has 2 N–H and O–H groups in total. The van der Waals surface area contributed by atoms with Gasteiger partial charge in [0.1, 0.15) is 5.54 Å². The highest BCUT2D eigenvalue weighted by molar-refractivity contribution is 6.07. The van der Waals surface area contributed by atoms with Crippen LogP contribution in [0.1, 0.15) is 61.0 Å². The number of nitrogens with zero attached hydrogens (tertiary/aromatic N) is 3. The van der Waals surface area contributed by atoms with Gasteiger partial charge in [-0.3, -0.25) is 14.5 Å². The molecular formula is C24H28F3N5O3. The van der Waals surface area contributed by atoms with E-state index in [-0.39, 0.29) is 43.1 Å². The molecule has 1 aliphatic heterocycles. The lowest BCUT2D eigenvalue weighted by Crippen LogP contribution is -2.44. The van der Waals surface area contributed by atoms with E-state index < -0.39 is 29.2 Å². The maximum Gasteiger partial charge on any atom is 0.416 e. The van der Waals surface area contributed by atoms with Crippen molar-refractivity contribution in [2.24, 2.45) is 0 Å². The van der Waals surface area contributed by atoms with Crippen molar-refractivity contribution in [1.82, 2.24) is 25.3 Å². The van der Waals surface area contributed by atoms with Crippen LogP contribution in [0.2, 0.25) is 0 Å². The van der Waals surface area contributed by atoms with E-state index in [0.717, 1.165) is 23.8 Å². The minimum atomic E-state index is -4.61. The fourth-order valence-corrected chi connectivity index (χ4v) is 4.88. The van der Waals surface area contributed by atoms with Crippen molar-refractivity contribution in [2.45, 2.75) is 70.6 Å². The van der Waals surface area contributed by atoms with Gasteiger partial charge < -0.3 is 10.6 Å². The van der Waals surface area contributed by atoms with Gasteiger partial charge in [0.15, 0.2) is 0 Å². The number of hydrogen-bond donors (Lipinski definition) is 2. The number of carbonyl (C=O) groups excluding carboxylic acids is 3. The number of aromatic nitrogens is 2. The first-order valence-corrected chi connectivity index (χ1v) is 11.6. The molecule has 2 heterocycles. The highest BCUT2D eigenvalue weighted by atomic mass is 19.4. The van der Waals surface area contributed by atoms with Gasteiger partial charge in [-0.05, 0) is 56.9 Å². The second-order valence-corrected chi connectivity index (χ2v) is 9.23. The largest absolute Gasteiger partial charge is 0.416 e. The Bertz CT molecular complexity index is 1150. The lowest BCUT2D eigenvalue weighted by Gasteiger charge is -2.20. The van der Waals surface area contributed by atoms with Gasteiger partial charge in [-0.1, -0.05) is 18.9 Å². The second-order valence-electron chi connectivity index (χ2n) is 9.23. The molecule has 8 nitrogen and oxygen atoms in total. The number of alkyl halides is 3. The number of nitrogens with one attached hydrogen (secondary N) is 2. The molecule has 35 heavy (non-hydrogen) atoms. The van der Waals surface area contributed by atoms with Crippen LogP contribution in [0.3, 0.4) is 0 Å². The van der Waals surface area contributed by atoms with Crippen LogP contribution in [0.25, 0.3) is 5.69 Å². The summed E-state index contributed by atoms with van der Waals surface area (Å²) in [4.78, 5) is 38.3. The van der Waals surface area contributed by atoms with Crippen molar-refractivity contribution in [3.63, 3.8) is 0 Å². The molecule has 188 valence electrons. The average molecular weight is 492 g/mol. The lowest BCUT2D eigenvalue weighted by molar-refractivity contribution is -0.138. The van der Waals surface area contributed by atoms with Gasteiger partial charge in [-0.15, -0.1) is 0 Å². The molecule has 2 fully saturated rings. The van der Waals surface area contributed by atoms with Crippen LogP contribution in [0.4, 0.5) is 18.0 Å². The molecule has 0 atom stereocenters. The first-order chi connectivity index (χ1) is 16.5. The minimum absolute atomic E-state index is 0.0186. The fraction of sp³-hybridized carbons (Fsp3) is 0.500. The number of urea groups is 1. The summed E-state index contributed by atoms with van der Waals surface area (Å²) in [5, 5.41) is 9.53. The maximum absolute atomic E-state index is 13.7. The average Bonchev–Trinajstić information content (AvgIpc) is 3.46. The number of amides is 4. The number of carbonyl (C=O) groups is 3. The van der Waals surface area contributed by atoms with Crippen LogP contribution in [0, 0.1) is 13.8 Å². The third kappa shape index (κ3) is 5.03. The molecule has 1 aromatic carbocycles. The number of halogens is 3. The molecular weight excluding hydrogens is 463 g/mol. The molecule has 4 amide bonds. The first kappa shape index (κ1) is 24.7.